The molecule has 0 amide bonds. The van der Waals surface area contributed by atoms with E-state index in [4.69, 9.17) is 16.7 Å². The molecule has 2 N–H and O–H groups in total. The summed E-state index contributed by atoms with van der Waals surface area (Å²) < 4.78 is 23.8. The smallest absolute Gasteiger partial charge is 0.265 e. The van der Waals surface area contributed by atoms with Gasteiger partial charge in [-0.1, -0.05) is 11.6 Å². The van der Waals surface area contributed by atoms with E-state index in [1.54, 1.807) is 6.07 Å². The van der Waals surface area contributed by atoms with Gasteiger partial charge in [0.1, 0.15) is 6.10 Å². The molecule has 0 fully saturated rings. The second kappa shape index (κ2) is 5.07. The van der Waals surface area contributed by atoms with Gasteiger partial charge in [-0.2, -0.15) is 0 Å². The van der Waals surface area contributed by atoms with Crippen LogP contribution < -0.4 is 5.32 Å². The lowest BCUT2D eigenvalue weighted by molar-refractivity contribution is 0.00384. The van der Waals surface area contributed by atoms with Crippen LogP contribution in [0.25, 0.3) is 0 Å². The number of alkyl halides is 2. The Hall–Kier alpha value is -0.940. The second-order valence-corrected chi connectivity index (χ2v) is 3.05. The fourth-order valence-corrected chi connectivity index (χ4v) is 1.01. The van der Waals surface area contributed by atoms with Crippen LogP contribution in [0.4, 0.5) is 14.5 Å². The minimum Gasteiger partial charge on any atom is -0.385 e. The molecule has 0 aliphatic rings. The average Bonchev–Trinajstić information content (AvgIpc) is 2.16. The Morgan fingerprint density at radius 3 is 2.86 bits per heavy atom. The fraction of sp³-hybridized carbons (Fsp3) is 0.375. The number of aromatic nitrogens is 1. The number of nitrogens with one attached hydrogen (secondary N) is 1. The van der Waals surface area contributed by atoms with E-state index < -0.39 is 12.5 Å². The lowest BCUT2D eigenvalue weighted by Gasteiger charge is -2.12. The Bertz CT molecular complexity index is 298. The van der Waals surface area contributed by atoms with Crippen LogP contribution in [0.5, 0.6) is 0 Å². The van der Waals surface area contributed by atoms with Crippen molar-refractivity contribution in [2.24, 2.45) is 0 Å². The number of hydrogen-bond donors (Lipinski definition) is 2. The fourth-order valence-electron chi connectivity index (χ4n) is 0.822. The number of aliphatic hydroxyl groups is 1. The molecule has 0 aliphatic heterocycles. The van der Waals surface area contributed by atoms with E-state index >= 15 is 0 Å². The molecule has 1 rings (SSSR count). The molecule has 1 aromatic heterocycles. The second-order valence-electron chi connectivity index (χ2n) is 2.64. The SMILES string of the molecule is OC(CNc1ccncc1Cl)C(F)F. The Kier molecular flexibility index (Phi) is 4.03. The molecule has 3 nitrogen and oxygen atoms in total. The highest BCUT2D eigenvalue weighted by molar-refractivity contribution is 6.33. The highest BCUT2D eigenvalue weighted by atomic mass is 35.5. The van der Waals surface area contributed by atoms with E-state index in [9.17, 15) is 8.78 Å². The summed E-state index contributed by atoms with van der Waals surface area (Å²) in [6, 6.07) is 1.54. The van der Waals surface area contributed by atoms with Crippen LogP contribution in [0.3, 0.4) is 0 Å². The molecule has 0 saturated heterocycles. The standard InChI is InChI=1S/C8H9ClF2N2O/c9-5-3-12-2-1-6(5)13-4-7(14)8(10)11/h1-3,7-8,14H,4H2,(H,12,13). The molecule has 1 heterocycles. The summed E-state index contributed by atoms with van der Waals surface area (Å²) in [5, 5.41) is 11.7. The van der Waals surface area contributed by atoms with Gasteiger partial charge in [0, 0.05) is 18.9 Å². The van der Waals surface area contributed by atoms with E-state index in [2.05, 4.69) is 10.3 Å². The third-order valence-electron chi connectivity index (χ3n) is 1.56. The largest absolute Gasteiger partial charge is 0.385 e. The van der Waals surface area contributed by atoms with Gasteiger partial charge in [0.2, 0.25) is 0 Å². The van der Waals surface area contributed by atoms with Crippen molar-refractivity contribution >= 4 is 17.3 Å². The van der Waals surface area contributed by atoms with Gasteiger partial charge in [-0.25, -0.2) is 8.78 Å². The van der Waals surface area contributed by atoms with Crippen molar-refractivity contribution in [3.05, 3.63) is 23.5 Å². The van der Waals surface area contributed by atoms with Gasteiger partial charge in [0.15, 0.2) is 0 Å². The minimum atomic E-state index is -2.76. The van der Waals surface area contributed by atoms with E-state index in [1.165, 1.54) is 12.4 Å². The number of halogens is 3. The number of hydrogen-bond acceptors (Lipinski definition) is 3. The van der Waals surface area contributed by atoms with Gasteiger partial charge in [-0.3, -0.25) is 4.98 Å². The molecule has 0 spiro atoms. The predicted octanol–water partition coefficient (Wildman–Crippen LogP) is 1.77. The minimum absolute atomic E-state index is 0.249. The topological polar surface area (TPSA) is 45.1 Å². The van der Waals surface area contributed by atoms with Gasteiger partial charge in [-0.15, -0.1) is 0 Å². The van der Waals surface area contributed by atoms with Crippen LogP contribution in [0.2, 0.25) is 5.02 Å². The monoisotopic (exact) mass is 222 g/mol. The maximum absolute atomic E-state index is 11.9. The molecule has 78 valence electrons. The average molecular weight is 223 g/mol. The molecule has 1 aromatic rings. The van der Waals surface area contributed by atoms with Crippen LogP contribution >= 0.6 is 11.6 Å². The summed E-state index contributed by atoms with van der Waals surface area (Å²) in [4.78, 5) is 3.72. The van der Waals surface area contributed by atoms with Crippen molar-refractivity contribution in [1.29, 1.82) is 0 Å². The van der Waals surface area contributed by atoms with Crippen molar-refractivity contribution in [2.75, 3.05) is 11.9 Å². The number of aliphatic hydroxyl groups excluding tert-OH is 1. The number of nitrogens with zero attached hydrogens (tertiary/aromatic N) is 1. The van der Waals surface area contributed by atoms with Gasteiger partial charge in [0.25, 0.3) is 6.43 Å². The van der Waals surface area contributed by atoms with E-state index in [0.717, 1.165) is 0 Å². The molecule has 6 heteroatoms. The summed E-state index contributed by atoms with van der Waals surface area (Å²) in [6.45, 7) is -0.249. The zero-order chi connectivity index (χ0) is 10.6. The molecule has 0 bridgehead atoms. The van der Waals surface area contributed by atoms with Crippen molar-refractivity contribution in [3.63, 3.8) is 0 Å². The maximum atomic E-state index is 11.9. The Labute approximate surface area is 84.7 Å². The summed E-state index contributed by atoms with van der Waals surface area (Å²) in [5.41, 5.74) is 0.473. The predicted molar refractivity (Wildman–Crippen MR) is 49.7 cm³/mol. The first-order valence-electron chi connectivity index (χ1n) is 3.91. The van der Waals surface area contributed by atoms with Gasteiger partial charge >= 0.3 is 0 Å². The summed E-state index contributed by atoms with van der Waals surface area (Å²) in [7, 11) is 0. The molecule has 1 unspecified atom stereocenters. The normalized spacial score (nSPS) is 12.9. The zero-order valence-electron chi connectivity index (χ0n) is 7.12. The van der Waals surface area contributed by atoms with Crippen LogP contribution in [0, 0.1) is 0 Å². The Morgan fingerprint density at radius 2 is 2.29 bits per heavy atom. The summed E-state index contributed by atoms with van der Waals surface area (Å²) in [6.07, 6.45) is -1.59. The lowest BCUT2D eigenvalue weighted by atomic mass is 10.3. The highest BCUT2D eigenvalue weighted by Gasteiger charge is 2.16. The van der Waals surface area contributed by atoms with E-state index in [1.807, 2.05) is 0 Å². The molecule has 0 radical (unpaired) electrons. The molecular formula is C8H9ClF2N2O. The van der Waals surface area contributed by atoms with Gasteiger partial charge in [0.05, 0.1) is 10.7 Å². The van der Waals surface area contributed by atoms with Crippen LogP contribution in [-0.2, 0) is 0 Å². The van der Waals surface area contributed by atoms with E-state index in [-0.39, 0.29) is 6.54 Å². The molecular weight excluding hydrogens is 214 g/mol. The first-order valence-corrected chi connectivity index (χ1v) is 4.28. The summed E-state index contributed by atoms with van der Waals surface area (Å²) >= 11 is 5.69. The molecule has 0 saturated carbocycles. The Morgan fingerprint density at radius 1 is 1.57 bits per heavy atom. The third-order valence-corrected chi connectivity index (χ3v) is 1.87. The van der Waals surface area contributed by atoms with Crippen LogP contribution in [-0.4, -0.2) is 29.2 Å². The first kappa shape index (κ1) is 11.1. The third kappa shape index (κ3) is 3.08. The van der Waals surface area contributed by atoms with Crippen molar-refractivity contribution < 1.29 is 13.9 Å². The highest BCUT2D eigenvalue weighted by Crippen LogP contribution is 2.19. The maximum Gasteiger partial charge on any atom is 0.265 e. The van der Waals surface area contributed by atoms with E-state index in [0.29, 0.717) is 10.7 Å². The first-order chi connectivity index (χ1) is 6.61. The summed E-state index contributed by atoms with van der Waals surface area (Å²) in [5.74, 6) is 0. The molecule has 0 aliphatic carbocycles. The lowest BCUT2D eigenvalue weighted by Crippen LogP contribution is -2.26. The van der Waals surface area contributed by atoms with Gasteiger partial charge < -0.3 is 10.4 Å². The van der Waals surface area contributed by atoms with Crippen LogP contribution in [0.15, 0.2) is 18.5 Å². The molecule has 14 heavy (non-hydrogen) atoms. The van der Waals surface area contributed by atoms with Gasteiger partial charge in [-0.05, 0) is 6.07 Å². The zero-order valence-corrected chi connectivity index (χ0v) is 7.88. The number of pyridine rings is 1. The molecule has 1 atom stereocenters. The Balaban J connectivity index is 2.50. The van der Waals surface area contributed by atoms with Crippen molar-refractivity contribution in [1.82, 2.24) is 4.98 Å². The quantitative estimate of drug-likeness (QED) is 0.816. The number of anilines is 1. The molecule has 0 aromatic carbocycles. The van der Waals surface area contributed by atoms with Crippen molar-refractivity contribution in [3.8, 4) is 0 Å². The van der Waals surface area contributed by atoms with Crippen molar-refractivity contribution in [2.45, 2.75) is 12.5 Å². The van der Waals surface area contributed by atoms with Crippen LogP contribution in [0.1, 0.15) is 0 Å². The number of rotatable bonds is 4.